The molecular weight excluding hydrogens is 220 g/mol. The van der Waals surface area contributed by atoms with Gasteiger partial charge in [0, 0.05) is 0 Å². The van der Waals surface area contributed by atoms with Crippen molar-refractivity contribution in [3.8, 4) is 5.75 Å². The van der Waals surface area contributed by atoms with E-state index in [4.69, 9.17) is 0 Å². The van der Waals surface area contributed by atoms with E-state index in [2.05, 4.69) is 60.6 Å². The van der Waals surface area contributed by atoms with Gasteiger partial charge in [0.25, 0.3) is 0 Å². The summed E-state index contributed by atoms with van der Waals surface area (Å²) < 4.78 is 0. The maximum atomic E-state index is 10.3. The van der Waals surface area contributed by atoms with Gasteiger partial charge < -0.3 is 5.11 Å². The van der Waals surface area contributed by atoms with E-state index in [1.54, 1.807) is 0 Å². The molecule has 0 saturated carbocycles. The predicted molar refractivity (Wildman–Crippen MR) is 79.3 cm³/mol. The summed E-state index contributed by atoms with van der Waals surface area (Å²) in [5, 5.41) is 10.3. The zero-order chi connectivity index (χ0) is 14.1. The fraction of sp³-hybridized carbons (Fsp3) is 0.647. The predicted octanol–water partition coefficient (Wildman–Crippen LogP) is 5.23. The summed E-state index contributed by atoms with van der Waals surface area (Å²) in [5.41, 5.74) is 2.51. The van der Waals surface area contributed by atoms with Crippen molar-refractivity contribution in [1.29, 1.82) is 0 Å². The van der Waals surface area contributed by atoms with Crippen LogP contribution in [0.3, 0.4) is 0 Å². The lowest BCUT2D eigenvalue weighted by atomic mass is 9.72. The molecule has 102 valence electrons. The highest BCUT2D eigenvalue weighted by Gasteiger charge is 2.29. The van der Waals surface area contributed by atoms with Crippen LogP contribution >= 0.6 is 0 Å². The Hall–Kier alpha value is -0.980. The highest BCUT2D eigenvalue weighted by atomic mass is 16.3. The lowest BCUT2D eigenvalue weighted by molar-refractivity contribution is 0.278. The zero-order valence-corrected chi connectivity index (χ0v) is 13.0. The van der Waals surface area contributed by atoms with Gasteiger partial charge in [0.15, 0.2) is 0 Å². The monoisotopic (exact) mass is 248 g/mol. The molecule has 0 aromatic heterocycles. The topological polar surface area (TPSA) is 20.2 Å². The van der Waals surface area contributed by atoms with Gasteiger partial charge in [0.1, 0.15) is 5.75 Å². The third-order valence-electron chi connectivity index (χ3n) is 3.39. The number of phenols is 1. The molecule has 0 amide bonds. The molecule has 0 aliphatic rings. The van der Waals surface area contributed by atoms with Crippen molar-refractivity contribution in [2.45, 2.75) is 66.2 Å². The normalized spacial score (nSPS) is 13.1. The van der Waals surface area contributed by atoms with Crippen LogP contribution in [0.5, 0.6) is 5.75 Å². The van der Waals surface area contributed by atoms with Crippen LogP contribution in [0, 0.1) is 5.41 Å². The maximum absolute atomic E-state index is 10.3. The van der Waals surface area contributed by atoms with Gasteiger partial charge in [-0.25, -0.2) is 0 Å². The Morgan fingerprint density at radius 3 is 2.00 bits per heavy atom. The van der Waals surface area contributed by atoms with E-state index in [0.717, 1.165) is 12.0 Å². The number of hydrogen-bond donors (Lipinski definition) is 1. The van der Waals surface area contributed by atoms with Gasteiger partial charge in [-0.3, -0.25) is 0 Å². The van der Waals surface area contributed by atoms with Crippen molar-refractivity contribution in [1.82, 2.24) is 0 Å². The summed E-state index contributed by atoms with van der Waals surface area (Å²) in [6.07, 6.45) is 1.05. The third-order valence-corrected chi connectivity index (χ3v) is 3.39. The molecular formula is C17H28O. The highest BCUT2D eigenvalue weighted by Crippen LogP contribution is 2.40. The lowest BCUT2D eigenvalue weighted by Gasteiger charge is -2.33. The first-order chi connectivity index (χ1) is 8.03. The van der Waals surface area contributed by atoms with Crippen molar-refractivity contribution < 1.29 is 5.11 Å². The Labute approximate surface area is 112 Å². The Balaban J connectivity index is 3.10. The van der Waals surface area contributed by atoms with E-state index in [0.29, 0.717) is 11.7 Å². The minimum atomic E-state index is -0.00214. The van der Waals surface area contributed by atoms with E-state index in [9.17, 15) is 5.11 Å². The SMILES string of the molecule is CC(C)c1ccc(C(C)(C)CC(C)(C)C)c(O)c1. The number of rotatable bonds is 3. The number of hydrogen-bond acceptors (Lipinski definition) is 1. The van der Waals surface area contributed by atoms with Crippen LogP contribution in [0.25, 0.3) is 0 Å². The van der Waals surface area contributed by atoms with Gasteiger partial charge in [-0.05, 0) is 40.4 Å². The van der Waals surface area contributed by atoms with Crippen molar-refractivity contribution >= 4 is 0 Å². The molecule has 1 N–H and O–H groups in total. The molecule has 0 bridgehead atoms. The average molecular weight is 248 g/mol. The van der Waals surface area contributed by atoms with Gasteiger partial charge >= 0.3 is 0 Å². The van der Waals surface area contributed by atoms with Crippen LogP contribution < -0.4 is 0 Å². The Kier molecular flexibility index (Phi) is 4.15. The largest absolute Gasteiger partial charge is 0.508 e. The van der Waals surface area contributed by atoms with E-state index in [-0.39, 0.29) is 10.8 Å². The van der Waals surface area contributed by atoms with Gasteiger partial charge in [-0.2, -0.15) is 0 Å². The molecule has 0 fully saturated rings. The molecule has 0 aliphatic carbocycles. The summed E-state index contributed by atoms with van der Waals surface area (Å²) in [6, 6.07) is 6.16. The minimum Gasteiger partial charge on any atom is -0.508 e. The fourth-order valence-corrected chi connectivity index (χ4v) is 2.90. The summed E-state index contributed by atoms with van der Waals surface area (Å²) >= 11 is 0. The van der Waals surface area contributed by atoms with Gasteiger partial charge in [-0.1, -0.05) is 60.6 Å². The highest BCUT2D eigenvalue weighted by molar-refractivity contribution is 5.42. The standard InChI is InChI=1S/C17H28O/c1-12(2)13-8-9-14(15(18)10-13)17(6,7)11-16(3,4)5/h8-10,12,18H,11H2,1-7H3. The molecule has 0 aliphatic heterocycles. The van der Waals surface area contributed by atoms with Crippen molar-refractivity contribution in [3.05, 3.63) is 29.3 Å². The van der Waals surface area contributed by atoms with Crippen LogP contribution in [0.4, 0.5) is 0 Å². The minimum absolute atomic E-state index is 0.00214. The molecule has 0 radical (unpaired) electrons. The van der Waals surface area contributed by atoms with Crippen LogP contribution in [-0.2, 0) is 5.41 Å². The fourth-order valence-electron chi connectivity index (χ4n) is 2.90. The molecule has 0 saturated heterocycles. The quantitative estimate of drug-likeness (QED) is 0.776. The lowest BCUT2D eigenvalue weighted by Crippen LogP contribution is -2.25. The molecule has 0 atom stereocenters. The molecule has 1 rings (SSSR count). The first kappa shape index (κ1) is 15.1. The van der Waals surface area contributed by atoms with Gasteiger partial charge in [0.05, 0.1) is 0 Å². The molecule has 1 aromatic carbocycles. The third kappa shape index (κ3) is 3.76. The summed E-state index contributed by atoms with van der Waals surface area (Å²) in [7, 11) is 0. The van der Waals surface area contributed by atoms with E-state index < -0.39 is 0 Å². The molecule has 0 spiro atoms. The van der Waals surface area contributed by atoms with Crippen LogP contribution in [0.2, 0.25) is 0 Å². The second kappa shape index (κ2) is 4.95. The van der Waals surface area contributed by atoms with E-state index in [1.165, 1.54) is 5.56 Å². The Bertz CT molecular complexity index is 408. The van der Waals surface area contributed by atoms with Crippen molar-refractivity contribution in [3.63, 3.8) is 0 Å². The van der Waals surface area contributed by atoms with E-state index >= 15 is 0 Å². The number of aromatic hydroxyl groups is 1. The van der Waals surface area contributed by atoms with Crippen molar-refractivity contribution in [2.75, 3.05) is 0 Å². The average Bonchev–Trinajstić information content (AvgIpc) is 2.12. The number of benzene rings is 1. The molecule has 0 unspecified atom stereocenters. The molecule has 1 aromatic rings. The first-order valence-electron chi connectivity index (χ1n) is 6.86. The second-order valence-electron chi connectivity index (χ2n) is 7.55. The van der Waals surface area contributed by atoms with Crippen LogP contribution in [0.15, 0.2) is 18.2 Å². The summed E-state index contributed by atoms with van der Waals surface area (Å²) in [5.74, 6) is 0.895. The second-order valence-corrected chi connectivity index (χ2v) is 7.55. The number of phenolic OH excluding ortho intramolecular Hbond substituents is 1. The van der Waals surface area contributed by atoms with Gasteiger partial charge in [0.2, 0.25) is 0 Å². The molecule has 18 heavy (non-hydrogen) atoms. The van der Waals surface area contributed by atoms with Crippen LogP contribution in [-0.4, -0.2) is 5.11 Å². The summed E-state index contributed by atoms with van der Waals surface area (Å²) in [4.78, 5) is 0. The molecule has 1 nitrogen and oxygen atoms in total. The van der Waals surface area contributed by atoms with E-state index in [1.807, 2.05) is 6.07 Å². The van der Waals surface area contributed by atoms with Crippen molar-refractivity contribution in [2.24, 2.45) is 5.41 Å². The first-order valence-corrected chi connectivity index (χ1v) is 6.86. The van der Waals surface area contributed by atoms with Crippen LogP contribution in [0.1, 0.15) is 71.9 Å². The summed E-state index contributed by atoms with van der Waals surface area (Å²) in [6.45, 7) is 15.4. The maximum Gasteiger partial charge on any atom is 0.119 e. The molecule has 0 heterocycles. The molecule has 1 heteroatoms. The zero-order valence-electron chi connectivity index (χ0n) is 13.0. The Morgan fingerprint density at radius 1 is 1.06 bits per heavy atom. The smallest absolute Gasteiger partial charge is 0.119 e. The van der Waals surface area contributed by atoms with Gasteiger partial charge in [-0.15, -0.1) is 0 Å². The Morgan fingerprint density at radius 2 is 1.61 bits per heavy atom.